The van der Waals surface area contributed by atoms with Crippen molar-refractivity contribution >= 4 is 17.6 Å². The van der Waals surface area contributed by atoms with Crippen molar-refractivity contribution in [2.75, 3.05) is 13.1 Å². The number of hydrogen-bond acceptors (Lipinski definition) is 2. The molecule has 1 aromatic carbocycles. The molecule has 1 rings (SSSR count). The number of carboxylic acid groups (broad SMARTS) is 1. The second-order valence-corrected chi connectivity index (χ2v) is 4.06. The highest BCUT2D eigenvalue weighted by atomic mass is 35.5. The fourth-order valence-electron chi connectivity index (χ4n) is 1.37. The molecule has 3 nitrogen and oxygen atoms in total. The molecule has 2 N–H and O–H groups in total. The van der Waals surface area contributed by atoms with E-state index in [1.54, 1.807) is 0 Å². The van der Waals surface area contributed by atoms with Crippen LogP contribution in [0.15, 0.2) is 24.3 Å². The molecule has 0 atom stereocenters. The molecule has 0 bridgehead atoms. The molecular formula is C12H16ClNO2. The van der Waals surface area contributed by atoms with E-state index in [4.69, 9.17) is 16.7 Å². The molecule has 0 saturated carbocycles. The lowest BCUT2D eigenvalue weighted by atomic mass is 10.1. The van der Waals surface area contributed by atoms with E-state index in [-0.39, 0.29) is 6.42 Å². The summed E-state index contributed by atoms with van der Waals surface area (Å²) in [5.41, 5.74) is 1.23. The normalized spacial score (nSPS) is 10.3. The third kappa shape index (κ3) is 5.73. The highest BCUT2D eigenvalue weighted by Gasteiger charge is 1.96. The van der Waals surface area contributed by atoms with Gasteiger partial charge in [0.05, 0.1) is 0 Å². The molecule has 0 aliphatic rings. The van der Waals surface area contributed by atoms with Crippen LogP contribution >= 0.6 is 11.6 Å². The molecular weight excluding hydrogens is 226 g/mol. The topological polar surface area (TPSA) is 49.3 Å². The summed E-state index contributed by atoms with van der Waals surface area (Å²) >= 11 is 5.77. The lowest BCUT2D eigenvalue weighted by molar-refractivity contribution is -0.137. The predicted molar refractivity (Wildman–Crippen MR) is 64.9 cm³/mol. The van der Waals surface area contributed by atoms with Crippen molar-refractivity contribution in [3.63, 3.8) is 0 Å². The van der Waals surface area contributed by atoms with Gasteiger partial charge in [-0.2, -0.15) is 0 Å². The van der Waals surface area contributed by atoms with Gasteiger partial charge in [0.25, 0.3) is 0 Å². The minimum absolute atomic E-state index is 0.230. The summed E-state index contributed by atoms with van der Waals surface area (Å²) in [5, 5.41) is 12.4. The average Bonchev–Trinajstić information content (AvgIpc) is 2.25. The van der Waals surface area contributed by atoms with E-state index in [0.717, 1.165) is 24.5 Å². The monoisotopic (exact) mass is 241 g/mol. The molecule has 0 unspecified atom stereocenters. The Balaban J connectivity index is 2.07. The van der Waals surface area contributed by atoms with Crippen molar-refractivity contribution in [1.29, 1.82) is 0 Å². The van der Waals surface area contributed by atoms with Gasteiger partial charge in [0.15, 0.2) is 0 Å². The van der Waals surface area contributed by atoms with E-state index in [0.29, 0.717) is 6.42 Å². The molecule has 0 spiro atoms. The summed E-state index contributed by atoms with van der Waals surface area (Å²) in [6.07, 6.45) is 1.84. The second-order valence-electron chi connectivity index (χ2n) is 3.62. The number of rotatable bonds is 7. The third-order valence-electron chi connectivity index (χ3n) is 2.25. The van der Waals surface area contributed by atoms with Crippen LogP contribution in [-0.2, 0) is 11.2 Å². The van der Waals surface area contributed by atoms with Crippen LogP contribution in [0.5, 0.6) is 0 Å². The first-order valence-corrected chi connectivity index (χ1v) is 5.73. The number of carboxylic acids is 1. The quantitative estimate of drug-likeness (QED) is 0.721. The number of nitrogens with one attached hydrogen (secondary N) is 1. The zero-order valence-electron chi connectivity index (χ0n) is 9.08. The Hall–Kier alpha value is -1.06. The zero-order valence-corrected chi connectivity index (χ0v) is 9.83. The maximum Gasteiger partial charge on any atom is 0.303 e. The fourth-order valence-corrected chi connectivity index (χ4v) is 1.50. The minimum atomic E-state index is -0.737. The highest BCUT2D eigenvalue weighted by Crippen LogP contribution is 2.09. The van der Waals surface area contributed by atoms with Gasteiger partial charge in [-0.25, -0.2) is 0 Å². The maximum absolute atomic E-state index is 10.2. The number of benzene rings is 1. The number of hydrogen-bond donors (Lipinski definition) is 2. The van der Waals surface area contributed by atoms with Crippen LogP contribution in [-0.4, -0.2) is 24.2 Å². The van der Waals surface area contributed by atoms with E-state index in [9.17, 15) is 4.79 Å². The Morgan fingerprint density at radius 1 is 1.25 bits per heavy atom. The van der Waals surface area contributed by atoms with Crippen LogP contribution in [0.4, 0.5) is 0 Å². The van der Waals surface area contributed by atoms with E-state index in [1.165, 1.54) is 5.56 Å². The Morgan fingerprint density at radius 2 is 1.94 bits per heavy atom. The third-order valence-corrected chi connectivity index (χ3v) is 2.50. The molecule has 0 aromatic heterocycles. The molecule has 16 heavy (non-hydrogen) atoms. The molecule has 4 heteroatoms. The summed E-state index contributed by atoms with van der Waals surface area (Å²) in [5.74, 6) is -0.737. The molecule has 1 aromatic rings. The van der Waals surface area contributed by atoms with Gasteiger partial charge in [0, 0.05) is 11.4 Å². The number of aliphatic carboxylic acids is 1. The van der Waals surface area contributed by atoms with Gasteiger partial charge in [0.1, 0.15) is 0 Å². The molecule has 0 saturated heterocycles. The van der Waals surface area contributed by atoms with Crippen molar-refractivity contribution in [1.82, 2.24) is 5.32 Å². The molecule has 0 radical (unpaired) electrons. The van der Waals surface area contributed by atoms with Crippen LogP contribution in [0.1, 0.15) is 18.4 Å². The molecule has 0 aliphatic heterocycles. The zero-order chi connectivity index (χ0) is 11.8. The van der Waals surface area contributed by atoms with Crippen LogP contribution in [0.2, 0.25) is 5.02 Å². The molecule has 88 valence electrons. The molecule has 0 heterocycles. The fraction of sp³-hybridized carbons (Fsp3) is 0.417. The largest absolute Gasteiger partial charge is 0.481 e. The van der Waals surface area contributed by atoms with Gasteiger partial charge in [-0.15, -0.1) is 0 Å². The van der Waals surface area contributed by atoms with Crippen LogP contribution in [0, 0.1) is 0 Å². The lowest BCUT2D eigenvalue weighted by Gasteiger charge is -2.04. The number of halogens is 1. The van der Waals surface area contributed by atoms with Gasteiger partial charge in [-0.1, -0.05) is 23.7 Å². The van der Waals surface area contributed by atoms with E-state index < -0.39 is 5.97 Å². The summed E-state index contributed by atoms with van der Waals surface area (Å²) < 4.78 is 0. The number of carbonyl (C=O) groups is 1. The van der Waals surface area contributed by atoms with Gasteiger partial charge < -0.3 is 10.4 Å². The average molecular weight is 242 g/mol. The van der Waals surface area contributed by atoms with Gasteiger partial charge in [-0.3, -0.25) is 4.79 Å². The predicted octanol–water partition coefficient (Wildman–Crippen LogP) is 2.34. The Morgan fingerprint density at radius 3 is 2.56 bits per heavy atom. The first-order chi connectivity index (χ1) is 7.68. The van der Waals surface area contributed by atoms with E-state index >= 15 is 0 Å². The molecule has 0 fully saturated rings. The Labute approximate surface area is 100 Å². The van der Waals surface area contributed by atoms with Crippen molar-refractivity contribution in [2.45, 2.75) is 19.3 Å². The van der Waals surface area contributed by atoms with E-state index in [2.05, 4.69) is 5.32 Å². The summed E-state index contributed by atoms with van der Waals surface area (Å²) in [6.45, 7) is 1.61. The van der Waals surface area contributed by atoms with Crippen molar-refractivity contribution in [2.24, 2.45) is 0 Å². The lowest BCUT2D eigenvalue weighted by Crippen LogP contribution is -2.19. The van der Waals surface area contributed by atoms with Crippen LogP contribution < -0.4 is 5.32 Å². The smallest absolute Gasteiger partial charge is 0.303 e. The standard InChI is InChI=1S/C12H16ClNO2/c13-11-5-3-10(4-6-11)7-9-14-8-1-2-12(15)16/h3-6,14H,1-2,7-9H2,(H,15,16). The van der Waals surface area contributed by atoms with E-state index in [1.807, 2.05) is 24.3 Å². The first kappa shape index (κ1) is 13.0. The van der Waals surface area contributed by atoms with Gasteiger partial charge in [-0.05, 0) is 43.6 Å². The van der Waals surface area contributed by atoms with Crippen LogP contribution in [0.25, 0.3) is 0 Å². The Bertz CT molecular complexity index is 324. The maximum atomic E-state index is 10.2. The summed E-state index contributed by atoms with van der Waals surface area (Å²) in [4.78, 5) is 10.2. The second kappa shape index (κ2) is 7.25. The van der Waals surface area contributed by atoms with Gasteiger partial charge in [0.2, 0.25) is 0 Å². The SMILES string of the molecule is O=C(O)CCCNCCc1ccc(Cl)cc1. The first-order valence-electron chi connectivity index (χ1n) is 5.35. The molecule has 0 aliphatic carbocycles. The van der Waals surface area contributed by atoms with Crippen molar-refractivity contribution in [3.8, 4) is 0 Å². The van der Waals surface area contributed by atoms with Crippen molar-refractivity contribution < 1.29 is 9.90 Å². The summed E-state index contributed by atoms with van der Waals surface area (Å²) in [6, 6.07) is 7.76. The minimum Gasteiger partial charge on any atom is -0.481 e. The van der Waals surface area contributed by atoms with Gasteiger partial charge >= 0.3 is 5.97 Å². The molecule has 0 amide bonds. The van der Waals surface area contributed by atoms with Crippen molar-refractivity contribution in [3.05, 3.63) is 34.9 Å². The Kier molecular flexibility index (Phi) is 5.90. The highest BCUT2D eigenvalue weighted by molar-refractivity contribution is 6.30. The summed E-state index contributed by atoms with van der Waals surface area (Å²) in [7, 11) is 0. The van der Waals surface area contributed by atoms with Crippen LogP contribution in [0.3, 0.4) is 0 Å².